The molecule has 0 spiro atoms. The van der Waals surface area contributed by atoms with Crippen molar-refractivity contribution in [3.63, 3.8) is 0 Å². The lowest BCUT2D eigenvalue weighted by Crippen LogP contribution is -2.45. The molecule has 110 valence electrons. The molecule has 1 amide bonds. The van der Waals surface area contributed by atoms with Gasteiger partial charge in [0.05, 0.1) is 11.7 Å². The van der Waals surface area contributed by atoms with E-state index in [1.807, 2.05) is 6.92 Å². The highest BCUT2D eigenvalue weighted by Crippen LogP contribution is 2.11. The van der Waals surface area contributed by atoms with Crippen molar-refractivity contribution in [2.24, 2.45) is 0 Å². The van der Waals surface area contributed by atoms with Gasteiger partial charge < -0.3 is 19.7 Å². The van der Waals surface area contributed by atoms with Crippen molar-refractivity contribution >= 4 is 5.91 Å². The van der Waals surface area contributed by atoms with Crippen LogP contribution in [0.2, 0.25) is 0 Å². The fourth-order valence-corrected chi connectivity index (χ4v) is 2.00. The Morgan fingerprint density at radius 1 is 1.50 bits per heavy atom. The molecule has 1 N–H and O–H groups in total. The molecule has 2 unspecified atom stereocenters. The zero-order valence-electron chi connectivity index (χ0n) is 12.1. The van der Waals surface area contributed by atoms with Crippen molar-refractivity contribution in [1.29, 1.82) is 0 Å². The zero-order valence-corrected chi connectivity index (χ0v) is 12.1. The molecule has 0 radical (unpaired) electrons. The van der Waals surface area contributed by atoms with Crippen molar-refractivity contribution in [2.75, 3.05) is 33.8 Å². The fraction of sp³-hybridized carbons (Fsp3) is 0.571. The Morgan fingerprint density at radius 2 is 2.30 bits per heavy atom. The van der Waals surface area contributed by atoms with Gasteiger partial charge in [0.25, 0.3) is 5.91 Å². The number of hydrogen-bond donors (Lipinski definition) is 1. The first-order valence-electron chi connectivity index (χ1n) is 6.73. The van der Waals surface area contributed by atoms with Crippen molar-refractivity contribution in [1.82, 2.24) is 15.2 Å². The van der Waals surface area contributed by atoms with E-state index >= 15 is 0 Å². The summed E-state index contributed by atoms with van der Waals surface area (Å²) in [6.07, 6.45) is 1.76. The molecule has 2 atom stereocenters. The molecule has 1 aromatic heterocycles. The maximum atomic E-state index is 11.7. The monoisotopic (exact) mass is 279 g/mol. The number of carbonyl (C=O) groups is 1. The first kappa shape index (κ1) is 14.7. The minimum absolute atomic E-state index is 0.0311. The van der Waals surface area contributed by atoms with Gasteiger partial charge in [-0.25, -0.2) is 4.98 Å². The average molecular weight is 279 g/mol. The van der Waals surface area contributed by atoms with Crippen LogP contribution in [-0.4, -0.2) is 61.8 Å². The summed E-state index contributed by atoms with van der Waals surface area (Å²) < 4.78 is 11.3. The molecule has 2 heterocycles. The number of rotatable bonds is 4. The summed E-state index contributed by atoms with van der Waals surface area (Å²) in [5.41, 5.74) is 0.548. The lowest BCUT2D eigenvalue weighted by Gasteiger charge is -2.28. The number of morpholine rings is 1. The molecule has 6 heteroatoms. The highest BCUT2D eigenvalue weighted by molar-refractivity contribution is 5.93. The molecule has 1 saturated heterocycles. The van der Waals surface area contributed by atoms with Gasteiger partial charge in [-0.2, -0.15) is 0 Å². The number of aromatic nitrogens is 1. The standard InChI is InChI=1S/C14H21N3O3/c1-10-6-15-8-12(20-10)9-19-13-5-4-11(7-16-13)14(18)17(2)3/h4-5,7,10,12,15H,6,8-9H2,1-3H3. The Hall–Kier alpha value is -1.66. The summed E-state index contributed by atoms with van der Waals surface area (Å²) in [7, 11) is 3.42. The third-order valence-corrected chi connectivity index (χ3v) is 3.04. The number of amides is 1. The van der Waals surface area contributed by atoms with Crippen LogP contribution in [0, 0.1) is 0 Å². The molecule has 6 nitrogen and oxygen atoms in total. The zero-order chi connectivity index (χ0) is 14.5. The van der Waals surface area contributed by atoms with Crippen LogP contribution in [0.1, 0.15) is 17.3 Å². The minimum Gasteiger partial charge on any atom is -0.475 e. The molecule has 1 fully saturated rings. The normalized spacial score (nSPS) is 22.4. The second kappa shape index (κ2) is 6.67. The van der Waals surface area contributed by atoms with Crippen molar-refractivity contribution in [2.45, 2.75) is 19.1 Å². The first-order chi connectivity index (χ1) is 9.56. The van der Waals surface area contributed by atoms with Crippen LogP contribution < -0.4 is 10.1 Å². The van der Waals surface area contributed by atoms with E-state index in [9.17, 15) is 4.79 Å². The summed E-state index contributed by atoms with van der Waals surface area (Å²) in [4.78, 5) is 17.4. The minimum atomic E-state index is -0.0716. The van der Waals surface area contributed by atoms with E-state index in [4.69, 9.17) is 9.47 Å². The van der Waals surface area contributed by atoms with Gasteiger partial charge in [-0.15, -0.1) is 0 Å². The first-order valence-corrected chi connectivity index (χ1v) is 6.73. The summed E-state index contributed by atoms with van der Waals surface area (Å²) >= 11 is 0. The Labute approximate surface area is 119 Å². The molecular weight excluding hydrogens is 258 g/mol. The van der Waals surface area contributed by atoms with E-state index in [0.717, 1.165) is 13.1 Å². The number of nitrogens with one attached hydrogen (secondary N) is 1. The smallest absolute Gasteiger partial charge is 0.254 e. The molecule has 0 aromatic carbocycles. The van der Waals surface area contributed by atoms with Gasteiger partial charge in [-0.3, -0.25) is 4.79 Å². The lowest BCUT2D eigenvalue weighted by atomic mass is 10.2. The molecular formula is C14H21N3O3. The van der Waals surface area contributed by atoms with E-state index < -0.39 is 0 Å². The predicted octanol–water partition coefficient (Wildman–Crippen LogP) is 0.539. The Morgan fingerprint density at radius 3 is 2.90 bits per heavy atom. The number of nitrogens with zero attached hydrogens (tertiary/aromatic N) is 2. The van der Waals surface area contributed by atoms with Gasteiger partial charge in [0.2, 0.25) is 5.88 Å². The molecule has 0 aliphatic carbocycles. The van der Waals surface area contributed by atoms with Gasteiger partial charge in [-0.1, -0.05) is 0 Å². The molecule has 1 aliphatic rings. The highest BCUT2D eigenvalue weighted by Gasteiger charge is 2.19. The molecule has 2 rings (SSSR count). The van der Waals surface area contributed by atoms with Crippen LogP contribution in [0.5, 0.6) is 5.88 Å². The Kier molecular flexibility index (Phi) is 4.92. The van der Waals surface area contributed by atoms with Crippen LogP contribution in [0.3, 0.4) is 0 Å². The summed E-state index contributed by atoms with van der Waals surface area (Å²) in [5, 5.41) is 3.28. The maximum Gasteiger partial charge on any atom is 0.254 e. The average Bonchev–Trinajstić information content (AvgIpc) is 2.45. The van der Waals surface area contributed by atoms with E-state index in [1.165, 1.54) is 11.1 Å². The summed E-state index contributed by atoms with van der Waals surface area (Å²) in [6, 6.07) is 3.42. The number of carbonyl (C=O) groups excluding carboxylic acids is 1. The fourth-order valence-electron chi connectivity index (χ4n) is 2.00. The number of hydrogen-bond acceptors (Lipinski definition) is 5. The van der Waals surface area contributed by atoms with Gasteiger partial charge in [0.15, 0.2) is 0 Å². The third-order valence-electron chi connectivity index (χ3n) is 3.04. The quantitative estimate of drug-likeness (QED) is 0.871. The van der Waals surface area contributed by atoms with Gasteiger partial charge >= 0.3 is 0 Å². The molecule has 1 aromatic rings. The van der Waals surface area contributed by atoms with Crippen molar-refractivity contribution in [3.05, 3.63) is 23.9 Å². The number of pyridine rings is 1. The molecule has 0 bridgehead atoms. The second-order valence-corrected chi connectivity index (χ2v) is 5.12. The van der Waals surface area contributed by atoms with E-state index in [0.29, 0.717) is 18.1 Å². The van der Waals surface area contributed by atoms with Crippen LogP contribution in [0.25, 0.3) is 0 Å². The lowest BCUT2D eigenvalue weighted by molar-refractivity contribution is -0.0476. The number of ether oxygens (including phenoxy) is 2. The molecule has 0 saturated carbocycles. The van der Waals surface area contributed by atoms with E-state index in [-0.39, 0.29) is 18.1 Å². The van der Waals surface area contributed by atoms with Gasteiger partial charge in [0, 0.05) is 39.4 Å². The van der Waals surface area contributed by atoms with Crippen LogP contribution in [-0.2, 0) is 4.74 Å². The van der Waals surface area contributed by atoms with Crippen molar-refractivity contribution in [3.8, 4) is 5.88 Å². The largest absolute Gasteiger partial charge is 0.475 e. The summed E-state index contributed by atoms with van der Waals surface area (Å²) in [6.45, 7) is 4.13. The maximum absolute atomic E-state index is 11.7. The molecule has 1 aliphatic heterocycles. The van der Waals surface area contributed by atoms with Crippen molar-refractivity contribution < 1.29 is 14.3 Å². The Balaban J connectivity index is 1.86. The summed E-state index contributed by atoms with van der Waals surface area (Å²) in [5.74, 6) is 0.430. The molecule has 20 heavy (non-hydrogen) atoms. The van der Waals surface area contributed by atoms with Crippen LogP contribution >= 0.6 is 0 Å². The second-order valence-electron chi connectivity index (χ2n) is 5.12. The van der Waals surface area contributed by atoms with Gasteiger partial charge in [-0.05, 0) is 13.0 Å². The SMILES string of the molecule is CC1CNCC(COc2ccc(C(=O)N(C)C)cn2)O1. The van der Waals surface area contributed by atoms with Gasteiger partial charge in [0.1, 0.15) is 12.7 Å². The van der Waals surface area contributed by atoms with Crippen LogP contribution in [0.15, 0.2) is 18.3 Å². The predicted molar refractivity (Wildman–Crippen MR) is 75.0 cm³/mol. The van der Waals surface area contributed by atoms with E-state index in [2.05, 4.69) is 10.3 Å². The van der Waals surface area contributed by atoms with Crippen LogP contribution in [0.4, 0.5) is 0 Å². The third kappa shape index (κ3) is 3.91. The topological polar surface area (TPSA) is 63.7 Å². The Bertz CT molecular complexity index is 447. The van der Waals surface area contributed by atoms with E-state index in [1.54, 1.807) is 26.2 Å². The highest BCUT2D eigenvalue weighted by atomic mass is 16.5.